The molecule has 28 heavy (non-hydrogen) atoms. The summed E-state index contributed by atoms with van der Waals surface area (Å²) in [6, 6.07) is 15.2. The van der Waals surface area contributed by atoms with Gasteiger partial charge in [0.2, 0.25) is 5.88 Å². The number of nitrogens with zero attached hydrogens (tertiary/aromatic N) is 1. The smallest absolute Gasteiger partial charge is 0.307 e. The molecule has 7 heteroatoms. The Morgan fingerprint density at radius 3 is 2.61 bits per heavy atom. The Morgan fingerprint density at radius 2 is 1.93 bits per heavy atom. The second-order valence-electron chi connectivity index (χ2n) is 6.08. The average molecular weight is 397 g/mol. The molecule has 2 N–H and O–H groups in total. The molecule has 6 nitrogen and oxygen atoms in total. The molecule has 3 rings (SSSR count). The molecule has 0 unspecified atom stereocenters. The van der Waals surface area contributed by atoms with Crippen LogP contribution in [-0.4, -0.2) is 22.0 Å². The summed E-state index contributed by atoms with van der Waals surface area (Å²) in [6.45, 7) is 1.88. The zero-order chi connectivity index (χ0) is 20.1. The highest BCUT2D eigenvalue weighted by Gasteiger charge is 2.13. The van der Waals surface area contributed by atoms with E-state index in [1.54, 1.807) is 54.6 Å². The summed E-state index contributed by atoms with van der Waals surface area (Å²) < 4.78 is 5.72. The highest BCUT2D eigenvalue weighted by atomic mass is 35.5. The summed E-state index contributed by atoms with van der Waals surface area (Å²) >= 11 is 5.93. The fourth-order valence-corrected chi connectivity index (χ4v) is 2.84. The third kappa shape index (κ3) is 4.86. The van der Waals surface area contributed by atoms with Crippen molar-refractivity contribution in [3.8, 4) is 11.6 Å². The molecule has 0 bridgehead atoms. The van der Waals surface area contributed by atoms with Crippen molar-refractivity contribution in [3.63, 3.8) is 0 Å². The molecular formula is C21H17ClN2O4. The highest BCUT2D eigenvalue weighted by molar-refractivity contribution is 6.30. The number of carbonyl (C=O) groups excluding carboxylic acids is 1. The van der Waals surface area contributed by atoms with Gasteiger partial charge in [-0.25, -0.2) is 4.98 Å². The number of aromatic nitrogens is 1. The molecule has 0 radical (unpaired) electrons. The van der Waals surface area contributed by atoms with E-state index >= 15 is 0 Å². The van der Waals surface area contributed by atoms with Crippen LogP contribution in [0.15, 0.2) is 60.8 Å². The predicted octanol–water partition coefficient (Wildman–Crippen LogP) is 4.72. The van der Waals surface area contributed by atoms with Crippen LogP contribution in [0.3, 0.4) is 0 Å². The lowest BCUT2D eigenvalue weighted by Crippen LogP contribution is -2.15. The topological polar surface area (TPSA) is 88.5 Å². The van der Waals surface area contributed by atoms with Gasteiger partial charge in [0.05, 0.1) is 18.3 Å². The van der Waals surface area contributed by atoms with E-state index < -0.39 is 11.9 Å². The van der Waals surface area contributed by atoms with Crippen molar-refractivity contribution < 1.29 is 19.4 Å². The summed E-state index contributed by atoms with van der Waals surface area (Å²) in [4.78, 5) is 27.7. The minimum atomic E-state index is -0.999. The Balaban J connectivity index is 1.71. The van der Waals surface area contributed by atoms with Gasteiger partial charge in [0.15, 0.2) is 0 Å². The van der Waals surface area contributed by atoms with Crippen molar-refractivity contribution in [3.05, 3.63) is 82.5 Å². The van der Waals surface area contributed by atoms with E-state index in [1.807, 2.05) is 6.92 Å². The first kappa shape index (κ1) is 19.4. The Kier molecular flexibility index (Phi) is 5.91. The first-order valence-corrected chi connectivity index (χ1v) is 8.81. The van der Waals surface area contributed by atoms with Crippen molar-refractivity contribution in [2.75, 3.05) is 5.32 Å². The Bertz CT molecular complexity index is 1020. The summed E-state index contributed by atoms with van der Waals surface area (Å²) in [5, 5.41) is 12.3. The van der Waals surface area contributed by atoms with Gasteiger partial charge in [-0.2, -0.15) is 0 Å². The van der Waals surface area contributed by atoms with E-state index in [0.717, 1.165) is 5.56 Å². The maximum Gasteiger partial charge on any atom is 0.307 e. The van der Waals surface area contributed by atoms with Crippen LogP contribution in [0.2, 0.25) is 5.02 Å². The molecule has 0 aliphatic rings. The van der Waals surface area contributed by atoms with E-state index in [-0.39, 0.29) is 6.42 Å². The van der Waals surface area contributed by atoms with E-state index in [4.69, 9.17) is 21.4 Å². The first-order valence-electron chi connectivity index (χ1n) is 8.43. The number of amides is 1. The average Bonchev–Trinajstić information content (AvgIpc) is 2.65. The van der Waals surface area contributed by atoms with Crippen LogP contribution < -0.4 is 10.1 Å². The lowest BCUT2D eigenvalue weighted by atomic mass is 10.0. The molecule has 0 spiro atoms. The van der Waals surface area contributed by atoms with Crippen LogP contribution in [0, 0.1) is 6.92 Å². The minimum absolute atomic E-state index is 0.227. The van der Waals surface area contributed by atoms with Crippen LogP contribution in [0.5, 0.6) is 11.6 Å². The van der Waals surface area contributed by atoms with Crippen LogP contribution in [0.25, 0.3) is 0 Å². The Hall–Kier alpha value is -3.38. The quantitative estimate of drug-likeness (QED) is 0.629. The molecule has 2 aromatic carbocycles. The van der Waals surface area contributed by atoms with Crippen molar-refractivity contribution in [2.24, 2.45) is 0 Å². The number of halogens is 1. The highest BCUT2D eigenvalue weighted by Crippen LogP contribution is 2.26. The van der Waals surface area contributed by atoms with Gasteiger partial charge in [-0.05, 0) is 48.4 Å². The SMILES string of the molecule is Cc1cc(Cl)ccc1Oc1ccc(NC(=O)c2ccccc2CC(=O)O)cn1. The molecule has 1 amide bonds. The number of carboxylic acids is 1. The Morgan fingerprint density at radius 1 is 1.14 bits per heavy atom. The number of rotatable bonds is 6. The maximum atomic E-state index is 12.5. The summed E-state index contributed by atoms with van der Waals surface area (Å²) in [7, 11) is 0. The number of benzene rings is 2. The predicted molar refractivity (Wildman–Crippen MR) is 106 cm³/mol. The maximum absolute atomic E-state index is 12.5. The number of carbonyl (C=O) groups is 2. The van der Waals surface area contributed by atoms with Crippen LogP contribution in [0.1, 0.15) is 21.5 Å². The summed E-state index contributed by atoms with van der Waals surface area (Å²) in [5.74, 6) is -0.396. The van der Waals surface area contributed by atoms with Gasteiger partial charge in [-0.1, -0.05) is 29.8 Å². The lowest BCUT2D eigenvalue weighted by Gasteiger charge is -2.10. The van der Waals surface area contributed by atoms with Crippen molar-refractivity contribution >= 4 is 29.2 Å². The van der Waals surface area contributed by atoms with E-state index in [2.05, 4.69) is 10.3 Å². The number of carboxylic acid groups (broad SMARTS) is 1. The zero-order valence-electron chi connectivity index (χ0n) is 15.0. The normalized spacial score (nSPS) is 10.4. The number of pyridine rings is 1. The Labute approximate surface area is 166 Å². The molecule has 0 atom stereocenters. The van der Waals surface area contributed by atoms with Gasteiger partial charge in [-0.15, -0.1) is 0 Å². The molecule has 142 valence electrons. The van der Waals surface area contributed by atoms with Crippen molar-refractivity contribution in [2.45, 2.75) is 13.3 Å². The van der Waals surface area contributed by atoms with Gasteiger partial charge in [0.25, 0.3) is 5.91 Å². The van der Waals surface area contributed by atoms with Crippen LogP contribution >= 0.6 is 11.6 Å². The lowest BCUT2D eigenvalue weighted by molar-refractivity contribution is -0.136. The van der Waals surface area contributed by atoms with E-state index in [9.17, 15) is 9.59 Å². The summed E-state index contributed by atoms with van der Waals surface area (Å²) in [5.41, 5.74) is 2.10. The molecule has 0 fully saturated rings. The minimum Gasteiger partial charge on any atom is -0.481 e. The number of anilines is 1. The second kappa shape index (κ2) is 8.54. The molecule has 1 aromatic heterocycles. The van der Waals surface area contributed by atoms with Gasteiger partial charge in [0, 0.05) is 16.7 Å². The zero-order valence-corrected chi connectivity index (χ0v) is 15.7. The number of aryl methyl sites for hydroxylation is 1. The molecule has 0 aliphatic carbocycles. The molecule has 3 aromatic rings. The molecule has 0 saturated heterocycles. The van der Waals surface area contributed by atoms with Gasteiger partial charge in [0.1, 0.15) is 5.75 Å². The van der Waals surface area contributed by atoms with Crippen molar-refractivity contribution in [1.82, 2.24) is 4.98 Å². The van der Waals surface area contributed by atoms with Gasteiger partial charge >= 0.3 is 5.97 Å². The van der Waals surface area contributed by atoms with E-state index in [1.165, 1.54) is 6.20 Å². The first-order chi connectivity index (χ1) is 13.4. The van der Waals surface area contributed by atoms with Crippen LogP contribution in [0.4, 0.5) is 5.69 Å². The third-order valence-electron chi connectivity index (χ3n) is 3.95. The van der Waals surface area contributed by atoms with E-state index in [0.29, 0.717) is 33.5 Å². The second-order valence-corrected chi connectivity index (χ2v) is 6.52. The molecule has 0 saturated carbocycles. The third-order valence-corrected chi connectivity index (χ3v) is 4.18. The number of hydrogen-bond acceptors (Lipinski definition) is 4. The number of nitrogens with one attached hydrogen (secondary N) is 1. The largest absolute Gasteiger partial charge is 0.481 e. The number of hydrogen-bond donors (Lipinski definition) is 2. The molecular weight excluding hydrogens is 380 g/mol. The summed E-state index contributed by atoms with van der Waals surface area (Å²) in [6.07, 6.45) is 1.24. The number of ether oxygens (including phenoxy) is 1. The molecule has 1 heterocycles. The van der Waals surface area contributed by atoms with Gasteiger partial charge in [-0.3, -0.25) is 9.59 Å². The van der Waals surface area contributed by atoms with Gasteiger partial charge < -0.3 is 15.2 Å². The monoisotopic (exact) mass is 396 g/mol. The fraction of sp³-hybridized carbons (Fsp3) is 0.0952. The van der Waals surface area contributed by atoms with Crippen molar-refractivity contribution in [1.29, 1.82) is 0 Å². The number of aliphatic carboxylic acids is 1. The van der Waals surface area contributed by atoms with Crippen LogP contribution in [-0.2, 0) is 11.2 Å². The standard InChI is InChI=1S/C21H17ClN2O4/c1-13-10-15(22)6-8-18(13)28-19-9-7-16(12-23-19)24-21(27)17-5-3-2-4-14(17)11-20(25)26/h2-10,12H,11H2,1H3,(H,24,27)(H,25,26). The fourth-order valence-electron chi connectivity index (χ4n) is 2.61. The molecule has 0 aliphatic heterocycles.